The van der Waals surface area contributed by atoms with Crippen molar-refractivity contribution < 1.29 is 18.7 Å². The molecule has 1 atom stereocenters. The molecule has 1 heterocycles. The smallest absolute Gasteiger partial charge is 0.328 e. The highest BCUT2D eigenvalue weighted by molar-refractivity contribution is 5.85. The zero-order chi connectivity index (χ0) is 17.7. The molecular formula is C16H18FN3O4. The van der Waals surface area contributed by atoms with Gasteiger partial charge in [0, 0.05) is 25.2 Å². The van der Waals surface area contributed by atoms with Crippen LogP contribution in [0.3, 0.4) is 0 Å². The molecule has 7 nitrogen and oxygen atoms in total. The van der Waals surface area contributed by atoms with Crippen molar-refractivity contribution in [3.63, 3.8) is 0 Å². The highest BCUT2D eigenvalue weighted by Crippen LogP contribution is 2.05. The van der Waals surface area contributed by atoms with E-state index in [2.05, 4.69) is 15.2 Å². The van der Waals surface area contributed by atoms with Crippen LogP contribution in [0.25, 0.3) is 0 Å². The van der Waals surface area contributed by atoms with Gasteiger partial charge in [0.15, 0.2) is 0 Å². The number of aryl methyl sites for hydroxylation is 1. The van der Waals surface area contributed by atoms with Crippen LogP contribution < -0.4 is 10.9 Å². The Labute approximate surface area is 137 Å². The lowest BCUT2D eigenvalue weighted by Gasteiger charge is -2.15. The Morgan fingerprint density at radius 2 is 2.17 bits per heavy atom. The van der Waals surface area contributed by atoms with E-state index in [1.54, 1.807) is 13.1 Å². The number of nitrogens with one attached hydrogen (secondary N) is 2. The molecular weight excluding hydrogens is 317 g/mol. The molecule has 2 aromatic rings. The van der Waals surface area contributed by atoms with E-state index in [-0.39, 0.29) is 18.4 Å². The van der Waals surface area contributed by atoms with Crippen LogP contribution in [0.1, 0.15) is 11.1 Å². The second kappa shape index (κ2) is 7.58. The van der Waals surface area contributed by atoms with Crippen LogP contribution in [0.2, 0.25) is 0 Å². The summed E-state index contributed by atoms with van der Waals surface area (Å²) in [5.41, 5.74) is 0.538. The molecule has 1 amide bonds. The van der Waals surface area contributed by atoms with Gasteiger partial charge >= 0.3 is 5.97 Å². The maximum atomic E-state index is 13.2. The molecule has 0 aliphatic rings. The Bertz CT molecular complexity index is 797. The van der Waals surface area contributed by atoms with Crippen molar-refractivity contribution in [2.45, 2.75) is 18.9 Å². The highest BCUT2D eigenvalue weighted by Gasteiger charge is 2.24. The summed E-state index contributed by atoms with van der Waals surface area (Å²) in [5, 5.41) is 5.22. The van der Waals surface area contributed by atoms with Crippen molar-refractivity contribution in [1.29, 1.82) is 0 Å². The fourth-order valence-corrected chi connectivity index (χ4v) is 2.29. The van der Waals surface area contributed by atoms with Crippen molar-refractivity contribution in [1.82, 2.24) is 15.1 Å². The van der Waals surface area contributed by atoms with Gasteiger partial charge in [-0.05, 0) is 17.7 Å². The first kappa shape index (κ1) is 17.5. The number of H-pyrrole nitrogens is 1. The van der Waals surface area contributed by atoms with Crippen LogP contribution in [-0.2, 0) is 34.2 Å². The third kappa shape index (κ3) is 4.31. The number of hydrogen-bond donors (Lipinski definition) is 2. The van der Waals surface area contributed by atoms with Gasteiger partial charge in [-0.1, -0.05) is 12.1 Å². The number of halogens is 1. The summed E-state index contributed by atoms with van der Waals surface area (Å²) in [6.07, 6.45) is 1.38. The van der Waals surface area contributed by atoms with E-state index in [0.29, 0.717) is 11.1 Å². The van der Waals surface area contributed by atoms with Crippen LogP contribution in [-0.4, -0.2) is 34.8 Å². The minimum absolute atomic E-state index is 0.00224. The zero-order valence-corrected chi connectivity index (χ0v) is 13.3. The first-order valence-corrected chi connectivity index (χ1v) is 7.25. The Kier molecular flexibility index (Phi) is 5.51. The third-order valence-corrected chi connectivity index (χ3v) is 3.51. The molecule has 0 aliphatic carbocycles. The molecule has 8 heteroatoms. The number of rotatable bonds is 6. The van der Waals surface area contributed by atoms with E-state index in [1.165, 1.54) is 36.2 Å². The Morgan fingerprint density at radius 1 is 1.42 bits per heavy atom. The predicted molar refractivity (Wildman–Crippen MR) is 83.8 cm³/mol. The standard InChI is InChI=1S/C16H18FN3O4/c1-20-15(22)11(9-18-20)8-13(16(23)24-2)19-14(21)7-10-4-3-5-12(17)6-10/h3-6,9,13,18H,7-8H2,1-2H3,(H,19,21)/t13-/m1/s1. The second-order valence-electron chi connectivity index (χ2n) is 5.32. The lowest BCUT2D eigenvalue weighted by atomic mass is 10.1. The van der Waals surface area contributed by atoms with Crippen LogP contribution in [0.15, 0.2) is 35.3 Å². The first-order valence-electron chi connectivity index (χ1n) is 7.25. The van der Waals surface area contributed by atoms with Crippen molar-refractivity contribution in [3.8, 4) is 0 Å². The lowest BCUT2D eigenvalue weighted by Crippen LogP contribution is -2.44. The van der Waals surface area contributed by atoms with Crippen molar-refractivity contribution in [2.75, 3.05) is 7.11 Å². The summed E-state index contributed by atoms with van der Waals surface area (Å²) < 4.78 is 19.1. The maximum Gasteiger partial charge on any atom is 0.328 e. The Morgan fingerprint density at radius 3 is 2.75 bits per heavy atom. The van der Waals surface area contributed by atoms with Gasteiger partial charge in [0.25, 0.3) is 5.56 Å². The average Bonchev–Trinajstić information content (AvgIpc) is 2.85. The molecule has 1 aromatic carbocycles. The monoisotopic (exact) mass is 335 g/mol. The van der Waals surface area contributed by atoms with E-state index in [9.17, 15) is 18.8 Å². The minimum Gasteiger partial charge on any atom is -0.467 e. The zero-order valence-electron chi connectivity index (χ0n) is 13.3. The minimum atomic E-state index is -1.00. The van der Waals surface area contributed by atoms with Gasteiger partial charge in [0.1, 0.15) is 11.9 Å². The predicted octanol–water partition coefficient (Wildman–Crippen LogP) is 0.296. The summed E-state index contributed by atoms with van der Waals surface area (Å²) in [6.45, 7) is 0. The summed E-state index contributed by atoms with van der Waals surface area (Å²) in [4.78, 5) is 35.8. The molecule has 0 fully saturated rings. The number of hydrogen-bond acceptors (Lipinski definition) is 4. The topological polar surface area (TPSA) is 93.2 Å². The molecule has 2 rings (SSSR count). The summed E-state index contributed by atoms with van der Waals surface area (Å²) in [7, 11) is 2.74. The highest BCUT2D eigenvalue weighted by atomic mass is 19.1. The SMILES string of the molecule is COC(=O)[C@@H](Cc1c[nH]n(C)c1=O)NC(=O)Cc1cccc(F)c1. The second-order valence-corrected chi connectivity index (χ2v) is 5.32. The number of carbonyl (C=O) groups is 2. The fraction of sp³-hybridized carbons (Fsp3) is 0.312. The number of aromatic nitrogens is 2. The summed E-state index contributed by atoms with van der Waals surface area (Å²) in [6, 6.07) is 4.63. The molecule has 0 spiro atoms. The molecule has 24 heavy (non-hydrogen) atoms. The number of benzene rings is 1. The van der Waals surface area contributed by atoms with Gasteiger partial charge in [-0.15, -0.1) is 0 Å². The molecule has 0 bridgehead atoms. The van der Waals surface area contributed by atoms with E-state index in [0.717, 1.165) is 0 Å². The molecule has 128 valence electrons. The van der Waals surface area contributed by atoms with E-state index >= 15 is 0 Å². The van der Waals surface area contributed by atoms with Gasteiger partial charge in [0.05, 0.1) is 13.5 Å². The molecule has 0 radical (unpaired) electrons. The number of aromatic amines is 1. The normalized spacial score (nSPS) is 11.8. The summed E-state index contributed by atoms with van der Waals surface area (Å²) in [5.74, 6) is -1.57. The number of esters is 1. The van der Waals surface area contributed by atoms with Gasteiger partial charge in [0.2, 0.25) is 5.91 Å². The first-order chi connectivity index (χ1) is 11.4. The van der Waals surface area contributed by atoms with Crippen LogP contribution in [0.4, 0.5) is 4.39 Å². The molecule has 0 saturated carbocycles. The van der Waals surface area contributed by atoms with E-state index < -0.39 is 23.7 Å². The van der Waals surface area contributed by atoms with E-state index in [4.69, 9.17) is 0 Å². The quantitative estimate of drug-likeness (QED) is 0.743. The molecule has 0 saturated heterocycles. The van der Waals surface area contributed by atoms with Crippen molar-refractivity contribution in [2.24, 2.45) is 7.05 Å². The van der Waals surface area contributed by atoms with Gasteiger partial charge in [-0.3, -0.25) is 14.3 Å². The molecule has 0 unspecified atom stereocenters. The van der Waals surface area contributed by atoms with Gasteiger partial charge in [-0.2, -0.15) is 0 Å². The Hall–Kier alpha value is -2.90. The van der Waals surface area contributed by atoms with Gasteiger partial charge in [-0.25, -0.2) is 9.18 Å². The molecule has 1 aromatic heterocycles. The average molecular weight is 335 g/mol. The van der Waals surface area contributed by atoms with Crippen LogP contribution in [0.5, 0.6) is 0 Å². The Balaban J connectivity index is 2.08. The molecule has 0 aliphatic heterocycles. The number of methoxy groups -OCH3 is 1. The summed E-state index contributed by atoms with van der Waals surface area (Å²) >= 11 is 0. The van der Waals surface area contributed by atoms with Gasteiger partial charge < -0.3 is 15.2 Å². The lowest BCUT2D eigenvalue weighted by molar-refractivity contribution is -0.145. The number of amides is 1. The third-order valence-electron chi connectivity index (χ3n) is 3.51. The maximum absolute atomic E-state index is 13.2. The fourth-order valence-electron chi connectivity index (χ4n) is 2.29. The largest absolute Gasteiger partial charge is 0.467 e. The van der Waals surface area contributed by atoms with Crippen LogP contribution >= 0.6 is 0 Å². The van der Waals surface area contributed by atoms with Crippen molar-refractivity contribution in [3.05, 3.63) is 57.8 Å². The van der Waals surface area contributed by atoms with Crippen LogP contribution in [0, 0.1) is 5.82 Å². The molecule has 2 N–H and O–H groups in total. The number of nitrogens with zero attached hydrogens (tertiary/aromatic N) is 1. The van der Waals surface area contributed by atoms with E-state index in [1.807, 2.05) is 0 Å². The van der Waals surface area contributed by atoms with Crippen molar-refractivity contribution >= 4 is 11.9 Å². The number of ether oxygens (including phenoxy) is 1. The number of carbonyl (C=O) groups excluding carboxylic acids is 2.